The molecule has 0 aliphatic rings. The van der Waals surface area contributed by atoms with Crippen molar-refractivity contribution in [3.63, 3.8) is 0 Å². The zero-order valence-corrected chi connectivity index (χ0v) is 13.2. The average molecular weight is 325 g/mol. The molecular weight excluding hydrogens is 308 g/mol. The Balaban J connectivity index is 2.15. The van der Waals surface area contributed by atoms with Gasteiger partial charge in [0.25, 0.3) is 0 Å². The highest BCUT2D eigenvalue weighted by Crippen LogP contribution is 2.29. The van der Waals surface area contributed by atoms with E-state index >= 15 is 0 Å². The van der Waals surface area contributed by atoms with Gasteiger partial charge in [0.15, 0.2) is 0 Å². The molecule has 0 aliphatic carbocycles. The average Bonchev–Trinajstić information content (AvgIpc) is 2.45. The molecule has 0 saturated heterocycles. The Bertz CT molecular complexity index is 700. The topological polar surface area (TPSA) is 64.8 Å². The van der Waals surface area contributed by atoms with Crippen molar-refractivity contribution in [2.24, 2.45) is 0 Å². The number of nitrogens with zero attached hydrogens (tertiary/aromatic N) is 1. The summed E-state index contributed by atoms with van der Waals surface area (Å²) >= 11 is 5.83. The highest BCUT2D eigenvalue weighted by Gasteiger charge is 2.05. The minimum absolute atomic E-state index is 0.183. The van der Waals surface area contributed by atoms with Crippen molar-refractivity contribution in [2.45, 2.75) is 18.4 Å². The van der Waals surface area contributed by atoms with E-state index in [1.165, 1.54) is 6.07 Å². The molecule has 21 heavy (non-hydrogen) atoms. The molecule has 0 spiro atoms. The summed E-state index contributed by atoms with van der Waals surface area (Å²) in [7, 11) is -3.71. The van der Waals surface area contributed by atoms with Gasteiger partial charge in [0.2, 0.25) is 0 Å². The lowest BCUT2D eigenvalue weighted by molar-refractivity contribution is -0.667. The van der Waals surface area contributed by atoms with Crippen LogP contribution in [0.3, 0.4) is 0 Å². The lowest BCUT2D eigenvalue weighted by atomic mass is 10.2. The van der Waals surface area contributed by atoms with Gasteiger partial charge < -0.3 is 10.0 Å². The SMILES string of the molecule is CC[NH2+]Cc1ccc(S(=O)(=O)[N-]c2cccc(Cl)c2)cc1. The summed E-state index contributed by atoms with van der Waals surface area (Å²) < 4.78 is 28.2. The summed E-state index contributed by atoms with van der Waals surface area (Å²) in [5.41, 5.74) is 1.41. The molecule has 0 amide bonds. The van der Waals surface area contributed by atoms with Crippen LogP contribution in [0, 0.1) is 0 Å². The quantitative estimate of drug-likeness (QED) is 0.888. The molecule has 0 unspecified atom stereocenters. The summed E-state index contributed by atoms with van der Waals surface area (Å²) in [5, 5.41) is 2.59. The van der Waals surface area contributed by atoms with Gasteiger partial charge in [0, 0.05) is 10.6 Å². The van der Waals surface area contributed by atoms with E-state index in [4.69, 9.17) is 11.6 Å². The van der Waals surface area contributed by atoms with Crippen LogP contribution in [0.4, 0.5) is 5.69 Å². The molecule has 0 aromatic heterocycles. The molecule has 0 fully saturated rings. The van der Waals surface area contributed by atoms with Crippen LogP contribution in [0.1, 0.15) is 12.5 Å². The predicted octanol–water partition coefficient (Wildman–Crippen LogP) is 2.82. The Kier molecular flexibility index (Phi) is 5.22. The van der Waals surface area contributed by atoms with E-state index in [9.17, 15) is 8.42 Å². The molecule has 0 aliphatic heterocycles. The summed E-state index contributed by atoms with van der Waals surface area (Å²) in [5.74, 6) is 0. The van der Waals surface area contributed by atoms with E-state index in [0.717, 1.165) is 18.7 Å². The smallest absolute Gasteiger partial charge is 0.123 e. The lowest BCUT2D eigenvalue weighted by Crippen LogP contribution is -2.81. The molecule has 0 bridgehead atoms. The van der Waals surface area contributed by atoms with Crippen LogP contribution in [0.2, 0.25) is 5.02 Å². The molecule has 0 radical (unpaired) electrons. The van der Waals surface area contributed by atoms with Gasteiger partial charge in [-0.2, -0.15) is 0 Å². The molecule has 2 aromatic rings. The third kappa shape index (κ3) is 4.46. The lowest BCUT2D eigenvalue weighted by Gasteiger charge is -2.22. The van der Waals surface area contributed by atoms with E-state index in [2.05, 4.69) is 17.0 Å². The van der Waals surface area contributed by atoms with Crippen LogP contribution in [-0.4, -0.2) is 15.0 Å². The van der Waals surface area contributed by atoms with Gasteiger partial charge in [-0.05, 0) is 25.1 Å². The van der Waals surface area contributed by atoms with Crippen molar-refractivity contribution >= 4 is 27.3 Å². The molecule has 0 saturated carbocycles. The second-order valence-corrected chi connectivity index (χ2v) is 6.63. The molecule has 2 N–H and O–H groups in total. The maximum Gasteiger partial charge on any atom is 0.123 e. The first-order valence-corrected chi connectivity index (χ1v) is 8.47. The maximum atomic E-state index is 12.2. The first-order chi connectivity index (χ1) is 10.0. The van der Waals surface area contributed by atoms with Crippen LogP contribution >= 0.6 is 11.6 Å². The van der Waals surface area contributed by atoms with Crippen molar-refractivity contribution in [3.8, 4) is 0 Å². The van der Waals surface area contributed by atoms with Crippen molar-refractivity contribution < 1.29 is 13.7 Å². The zero-order valence-electron chi connectivity index (χ0n) is 11.7. The fourth-order valence-electron chi connectivity index (χ4n) is 1.83. The molecule has 2 aromatic carbocycles. The van der Waals surface area contributed by atoms with Crippen molar-refractivity contribution in [1.82, 2.24) is 0 Å². The summed E-state index contributed by atoms with van der Waals surface area (Å²) in [4.78, 5) is 0.183. The molecule has 4 nitrogen and oxygen atoms in total. The number of nitrogens with two attached hydrogens (primary N) is 1. The minimum atomic E-state index is -3.71. The normalized spacial score (nSPS) is 11.3. The Hall–Kier alpha value is -1.56. The second kappa shape index (κ2) is 6.93. The van der Waals surface area contributed by atoms with Crippen molar-refractivity contribution in [3.05, 3.63) is 63.8 Å². The molecule has 2 rings (SSSR count). The Morgan fingerprint density at radius 3 is 2.48 bits per heavy atom. The highest BCUT2D eigenvalue weighted by atomic mass is 35.5. The van der Waals surface area contributed by atoms with Crippen LogP contribution in [-0.2, 0) is 16.6 Å². The Labute approximate surface area is 130 Å². The van der Waals surface area contributed by atoms with E-state index in [-0.39, 0.29) is 4.90 Å². The third-order valence-corrected chi connectivity index (χ3v) is 4.48. The van der Waals surface area contributed by atoms with Crippen LogP contribution in [0.5, 0.6) is 0 Å². The molecule has 112 valence electrons. The third-order valence-electron chi connectivity index (χ3n) is 2.92. The van der Waals surface area contributed by atoms with E-state index in [0.29, 0.717) is 10.7 Å². The highest BCUT2D eigenvalue weighted by molar-refractivity contribution is 7.94. The molecule has 0 atom stereocenters. The molecule has 6 heteroatoms. The Morgan fingerprint density at radius 1 is 1.14 bits per heavy atom. The first-order valence-electron chi connectivity index (χ1n) is 6.65. The zero-order chi connectivity index (χ0) is 15.3. The Morgan fingerprint density at radius 2 is 1.86 bits per heavy atom. The van der Waals surface area contributed by atoms with Crippen LogP contribution in [0.25, 0.3) is 4.72 Å². The van der Waals surface area contributed by atoms with E-state index < -0.39 is 10.0 Å². The van der Waals surface area contributed by atoms with Gasteiger partial charge in [-0.1, -0.05) is 41.9 Å². The summed E-state index contributed by atoms with van der Waals surface area (Å²) in [6.07, 6.45) is 0. The van der Waals surface area contributed by atoms with E-state index in [1.54, 1.807) is 30.3 Å². The largest absolute Gasteiger partial charge is 0.573 e. The number of halogens is 1. The molecular formula is C15H17ClN2O2S. The number of benzene rings is 2. The van der Waals surface area contributed by atoms with Gasteiger partial charge in [-0.25, -0.2) is 8.42 Å². The molecule has 0 heterocycles. The second-order valence-electron chi connectivity index (χ2n) is 4.59. The van der Waals surface area contributed by atoms with Crippen molar-refractivity contribution in [2.75, 3.05) is 6.54 Å². The van der Waals surface area contributed by atoms with Crippen LogP contribution < -0.4 is 5.32 Å². The standard InChI is InChI=1S/C15H16ClN2O2S/c1-2-17-11-12-6-8-15(9-7-12)21(19,20)18-14-5-3-4-13(16)10-14/h3-10,17H,2,11H2,1H3/q-1/p+1. The maximum absolute atomic E-state index is 12.2. The summed E-state index contributed by atoms with van der Waals surface area (Å²) in [6.45, 7) is 3.90. The van der Waals surface area contributed by atoms with Gasteiger partial charge >= 0.3 is 0 Å². The van der Waals surface area contributed by atoms with Gasteiger partial charge in [0.1, 0.15) is 16.6 Å². The number of rotatable bonds is 6. The van der Waals surface area contributed by atoms with Crippen molar-refractivity contribution in [1.29, 1.82) is 0 Å². The monoisotopic (exact) mass is 324 g/mol. The van der Waals surface area contributed by atoms with Gasteiger partial charge in [0.05, 0.1) is 11.4 Å². The number of hydrogen-bond acceptors (Lipinski definition) is 2. The first kappa shape index (κ1) is 15.8. The van der Waals surface area contributed by atoms with E-state index in [1.807, 2.05) is 12.1 Å². The predicted molar refractivity (Wildman–Crippen MR) is 84.3 cm³/mol. The fourth-order valence-corrected chi connectivity index (χ4v) is 2.99. The summed E-state index contributed by atoms with van der Waals surface area (Å²) in [6, 6.07) is 13.3. The number of hydrogen-bond donors (Lipinski definition) is 1. The van der Waals surface area contributed by atoms with Crippen LogP contribution in [0.15, 0.2) is 53.4 Å². The van der Waals surface area contributed by atoms with Gasteiger partial charge in [-0.15, -0.1) is 5.69 Å². The van der Waals surface area contributed by atoms with Gasteiger partial charge in [-0.3, -0.25) is 0 Å². The number of sulfonamides is 1. The fraction of sp³-hybridized carbons (Fsp3) is 0.200. The minimum Gasteiger partial charge on any atom is -0.573 e. The number of quaternary nitrogens is 1.